The number of carbonyl (C=O) groups is 1. The van der Waals surface area contributed by atoms with Crippen LogP contribution in [-0.4, -0.2) is 29.4 Å². The number of hydrogen-bond acceptors (Lipinski definition) is 4. The quantitative estimate of drug-likeness (QED) is 0.947. The van der Waals surface area contributed by atoms with Crippen LogP contribution in [0.3, 0.4) is 0 Å². The van der Waals surface area contributed by atoms with Crippen LogP contribution in [0.1, 0.15) is 34.4 Å². The lowest BCUT2D eigenvalue weighted by molar-refractivity contribution is 0.0793. The lowest BCUT2D eigenvalue weighted by Crippen LogP contribution is -2.28. The molecule has 2 atom stereocenters. The molecule has 21 heavy (non-hydrogen) atoms. The van der Waals surface area contributed by atoms with Gasteiger partial charge in [-0.25, -0.2) is 0 Å². The normalized spacial score (nSPS) is 20.8. The summed E-state index contributed by atoms with van der Waals surface area (Å²) < 4.78 is 1.05. The number of nitrogen functional groups attached to an aromatic ring is 1. The molecule has 2 aromatic heterocycles. The molecule has 2 heterocycles. The summed E-state index contributed by atoms with van der Waals surface area (Å²) in [4.78, 5) is 19.5. The number of anilines is 1. The molecule has 1 fully saturated rings. The molecule has 0 radical (unpaired) electrons. The molecule has 2 N–H and O–H groups in total. The molecule has 1 amide bonds. The van der Waals surface area contributed by atoms with E-state index in [4.69, 9.17) is 5.73 Å². The van der Waals surface area contributed by atoms with E-state index in [-0.39, 0.29) is 5.91 Å². The first kappa shape index (κ1) is 14.3. The summed E-state index contributed by atoms with van der Waals surface area (Å²) in [5.41, 5.74) is 8.67. The summed E-state index contributed by atoms with van der Waals surface area (Å²) in [6, 6.07) is 2.00. The molecule has 1 aliphatic carbocycles. The Morgan fingerprint density at radius 1 is 1.52 bits per heavy atom. The number of amides is 1. The molecule has 0 saturated heterocycles. The Hall–Kier alpha value is -1.62. The van der Waals surface area contributed by atoms with Crippen molar-refractivity contribution in [3.8, 4) is 0 Å². The number of fused-ring (bicyclic) bond motifs is 1. The highest BCUT2D eigenvalue weighted by Crippen LogP contribution is 2.39. The van der Waals surface area contributed by atoms with Crippen LogP contribution in [0.2, 0.25) is 0 Å². The molecule has 0 aliphatic heterocycles. The summed E-state index contributed by atoms with van der Waals surface area (Å²) in [5, 5.41) is 0.933. The number of thiophene rings is 1. The lowest BCUT2D eigenvalue weighted by atomic mass is 10.2. The van der Waals surface area contributed by atoms with Crippen LogP contribution in [0, 0.1) is 25.7 Å². The third-order valence-corrected chi connectivity index (χ3v) is 5.48. The first-order valence-electron chi connectivity index (χ1n) is 7.30. The summed E-state index contributed by atoms with van der Waals surface area (Å²) in [5.74, 6) is 1.43. The minimum atomic E-state index is 0.0323. The molecular formula is C16H21N3OS. The fourth-order valence-electron chi connectivity index (χ4n) is 2.90. The molecule has 3 rings (SSSR count). The third-order valence-electron chi connectivity index (χ3n) is 4.34. The van der Waals surface area contributed by atoms with Crippen molar-refractivity contribution in [2.75, 3.05) is 19.3 Å². The predicted molar refractivity (Wildman–Crippen MR) is 87.7 cm³/mol. The van der Waals surface area contributed by atoms with Crippen molar-refractivity contribution < 1.29 is 4.79 Å². The fraction of sp³-hybridized carbons (Fsp3) is 0.500. The van der Waals surface area contributed by atoms with Gasteiger partial charge in [0.25, 0.3) is 5.91 Å². The second-order valence-electron chi connectivity index (χ2n) is 6.23. The van der Waals surface area contributed by atoms with E-state index in [0.717, 1.165) is 33.9 Å². The minimum Gasteiger partial charge on any atom is -0.397 e. The topological polar surface area (TPSA) is 59.2 Å². The van der Waals surface area contributed by atoms with Crippen molar-refractivity contribution in [3.63, 3.8) is 0 Å². The van der Waals surface area contributed by atoms with Crippen molar-refractivity contribution in [1.29, 1.82) is 0 Å². The highest BCUT2D eigenvalue weighted by molar-refractivity contribution is 7.21. The highest BCUT2D eigenvalue weighted by atomic mass is 32.1. The van der Waals surface area contributed by atoms with Crippen molar-refractivity contribution in [1.82, 2.24) is 9.88 Å². The van der Waals surface area contributed by atoms with Gasteiger partial charge in [0.2, 0.25) is 0 Å². The summed E-state index contributed by atoms with van der Waals surface area (Å²) >= 11 is 1.48. The van der Waals surface area contributed by atoms with E-state index in [0.29, 0.717) is 16.5 Å². The molecule has 0 spiro atoms. The number of rotatable bonds is 3. The molecule has 0 bridgehead atoms. The van der Waals surface area contributed by atoms with Gasteiger partial charge in [-0.1, -0.05) is 6.92 Å². The molecule has 1 aliphatic rings. The summed E-state index contributed by atoms with van der Waals surface area (Å²) in [6.45, 7) is 6.96. The Labute approximate surface area is 129 Å². The average Bonchev–Trinajstić information content (AvgIpc) is 2.97. The Balaban J connectivity index is 1.94. The summed E-state index contributed by atoms with van der Waals surface area (Å²) in [7, 11) is 1.87. The number of hydrogen-bond donors (Lipinski definition) is 1. The van der Waals surface area contributed by atoms with E-state index in [2.05, 4.69) is 11.9 Å². The largest absolute Gasteiger partial charge is 0.397 e. The van der Waals surface area contributed by atoms with Crippen molar-refractivity contribution in [2.24, 2.45) is 11.8 Å². The maximum Gasteiger partial charge on any atom is 0.265 e. The van der Waals surface area contributed by atoms with Crippen LogP contribution >= 0.6 is 11.3 Å². The SMILES string of the molecule is Cc1cc2sc(C(=O)N(C)CC3CC3C)c(N)c2c(C)n1. The summed E-state index contributed by atoms with van der Waals surface area (Å²) in [6.07, 6.45) is 1.22. The Morgan fingerprint density at radius 2 is 2.19 bits per heavy atom. The van der Waals surface area contributed by atoms with Gasteiger partial charge < -0.3 is 10.6 Å². The predicted octanol–water partition coefficient (Wildman–Crippen LogP) is 3.22. The first-order valence-corrected chi connectivity index (χ1v) is 8.11. The van der Waals surface area contributed by atoms with Gasteiger partial charge in [-0.3, -0.25) is 9.78 Å². The highest BCUT2D eigenvalue weighted by Gasteiger charge is 2.35. The molecule has 2 aromatic rings. The number of pyridine rings is 1. The smallest absolute Gasteiger partial charge is 0.265 e. The third kappa shape index (κ3) is 2.50. The molecule has 5 heteroatoms. The van der Waals surface area contributed by atoms with Crippen molar-refractivity contribution in [2.45, 2.75) is 27.2 Å². The number of aryl methyl sites for hydroxylation is 2. The zero-order chi connectivity index (χ0) is 15.3. The van der Waals surface area contributed by atoms with Gasteiger partial charge in [0, 0.05) is 35.1 Å². The van der Waals surface area contributed by atoms with Gasteiger partial charge in [-0.05, 0) is 38.2 Å². The number of aromatic nitrogens is 1. The van der Waals surface area contributed by atoms with E-state index in [1.54, 1.807) is 0 Å². The first-order chi connectivity index (χ1) is 9.88. The Morgan fingerprint density at radius 3 is 2.81 bits per heavy atom. The second-order valence-corrected chi connectivity index (χ2v) is 7.28. The number of nitrogens with two attached hydrogens (primary N) is 1. The molecule has 1 saturated carbocycles. The van der Waals surface area contributed by atoms with Crippen LogP contribution in [0.4, 0.5) is 5.69 Å². The second kappa shape index (κ2) is 4.98. The average molecular weight is 303 g/mol. The monoisotopic (exact) mass is 303 g/mol. The zero-order valence-electron chi connectivity index (χ0n) is 12.9. The van der Waals surface area contributed by atoms with E-state index < -0.39 is 0 Å². The van der Waals surface area contributed by atoms with Gasteiger partial charge in [-0.2, -0.15) is 0 Å². The molecular weight excluding hydrogens is 282 g/mol. The maximum absolute atomic E-state index is 12.6. The van der Waals surface area contributed by atoms with Crippen LogP contribution in [0.15, 0.2) is 6.07 Å². The van der Waals surface area contributed by atoms with Gasteiger partial charge >= 0.3 is 0 Å². The number of nitrogens with zero attached hydrogens (tertiary/aromatic N) is 2. The van der Waals surface area contributed by atoms with Gasteiger partial charge in [0.15, 0.2) is 0 Å². The zero-order valence-corrected chi connectivity index (χ0v) is 13.8. The van der Waals surface area contributed by atoms with E-state index >= 15 is 0 Å². The minimum absolute atomic E-state index is 0.0323. The maximum atomic E-state index is 12.6. The van der Waals surface area contributed by atoms with Crippen LogP contribution in [0.25, 0.3) is 10.1 Å². The molecule has 112 valence electrons. The molecule has 0 aromatic carbocycles. The standard InChI is InChI=1S/C16H21N3OS/c1-8-5-11(8)7-19(4)16(20)15-14(17)13-10(3)18-9(2)6-12(13)21-15/h6,8,11H,5,7,17H2,1-4H3. The van der Waals surface area contributed by atoms with Crippen LogP contribution in [0.5, 0.6) is 0 Å². The molecule has 2 unspecified atom stereocenters. The van der Waals surface area contributed by atoms with Crippen LogP contribution < -0.4 is 5.73 Å². The van der Waals surface area contributed by atoms with Gasteiger partial charge in [-0.15, -0.1) is 11.3 Å². The van der Waals surface area contributed by atoms with Crippen molar-refractivity contribution in [3.05, 3.63) is 22.3 Å². The Bertz CT molecular complexity index is 722. The molecule has 4 nitrogen and oxygen atoms in total. The fourth-order valence-corrected chi connectivity index (χ4v) is 4.16. The van der Waals surface area contributed by atoms with Gasteiger partial charge in [0.05, 0.1) is 5.69 Å². The van der Waals surface area contributed by atoms with Crippen LogP contribution in [-0.2, 0) is 0 Å². The van der Waals surface area contributed by atoms with E-state index in [1.807, 2.05) is 31.9 Å². The van der Waals surface area contributed by atoms with E-state index in [9.17, 15) is 4.79 Å². The number of carbonyl (C=O) groups excluding carboxylic acids is 1. The van der Waals surface area contributed by atoms with Crippen molar-refractivity contribution >= 4 is 33.0 Å². The Kier molecular flexibility index (Phi) is 3.40. The lowest BCUT2D eigenvalue weighted by Gasteiger charge is -2.16. The van der Waals surface area contributed by atoms with E-state index in [1.165, 1.54) is 17.8 Å². The van der Waals surface area contributed by atoms with Gasteiger partial charge in [0.1, 0.15) is 4.88 Å².